The quantitative estimate of drug-likeness (QED) is 0.549. The molecule has 0 bridgehead atoms. The Balaban J connectivity index is 3.61. The Hall–Kier alpha value is -0.120. The molecule has 68 valence electrons. The fraction of sp³-hybridized carbons (Fsp3) is 1.00. The molecule has 0 aromatic heterocycles. The summed E-state index contributed by atoms with van der Waals surface area (Å²) >= 11 is 0. The Kier molecular flexibility index (Phi) is 4.00. The third-order valence-electron chi connectivity index (χ3n) is 1.78. The van der Waals surface area contributed by atoms with Gasteiger partial charge in [-0.05, 0) is 27.7 Å². The van der Waals surface area contributed by atoms with Gasteiger partial charge in [0.2, 0.25) is 0 Å². The van der Waals surface area contributed by atoms with Crippen LogP contribution in [0.2, 0.25) is 0 Å². The highest BCUT2D eigenvalue weighted by Gasteiger charge is 2.21. The van der Waals surface area contributed by atoms with Crippen LogP contribution in [-0.4, -0.2) is 34.5 Å². The Bertz CT molecular complexity index is 107. The van der Waals surface area contributed by atoms with Crippen LogP contribution in [0.4, 0.5) is 0 Å². The minimum Gasteiger partial charge on any atom is -0.392 e. The van der Waals surface area contributed by atoms with Gasteiger partial charge in [0.15, 0.2) is 0 Å². The van der Waals surface area contributed by atoms with E-state index in [4.69, 9.17) is 5.11 Å². The average Bonchev–Trinajstić information content (AvgIpc) is 1.80. The summed E-state index contributed by atoms with van der Waals surface area (Å²) in [6.45, 7) is 7.61. The molecule has 0 fully saturated rings. The van der Waals surface area contributed by atoms with E-state index in [1.807, 2.05) is 6.92 Å². The van der Waals surface area contributed by atoms with Crippen LogP contribution in [0, 0.1) is 0 Å². The third kappa shape index (κ3) is 5.18. The van der Waals surface area contributed by atoms with Gasteiger partial charge in [0.25, 0.3) is 0 Å². The standard InChI is InChI=1S/C8H19NO2/c1-6(10)5-9-7(2)8(3,4)11/h6-7,9-11H,5H2,1-4H3/t6-,7?/m0/s1. The van der Waals surface area contributed by atoms with Crippen LogP contribution < -0.4 is 5.32 Å². The topological polar surface area (TPSA) is 52.5 Å². The maximum Gasteiger partial charge on any atom is 0.0741 e. The summed E-state index contributed by atoms with van der Waals surface area (Å²) in [6, 6.07) is -0.00269. The molecular weight excluding hydrogens is 142 g/mol. The van der Waals surface area contributed by atoms with Crippen LogP contribution in [-0.2, 0) is 0 Å². The first-order chi connectivity index (χ1) is 4.84. The zero-order valence-corrected chi connectivity index (χ0v) is 7.76. The van der Waals surface area contributed by atoms with Crippen LogP contribution in [0.15, 0.2) is 0 Å². The number of hydrogen-bond donors (Lipinski definition) is 3. The number of rotatable bonds is 4. The summed E-state index contributed by atoms with van der Waals surface area (Å²) in [4.78, 5) is 0. The predicted octanol–water partition coefficient (Wildman–Crippen LogP) is 0.116. The van der Waals surface area contributed by atoms with E-state index in [1.54, 1.807) is 20.8 Å². The highest BCUT2D eigenvalue weighted by molar-refractivity contribution is 4.79. The van der Waals surface area contributed by atoms with Crippen LogP contribution in [0.25, 0.3) is 0 Å². The van der Waals surface area contributed by atoms with Crippen LogP contribution in [0.3, 0.4) is 0 Å². The third-order valence-corrected chi connectivity index (χ3v) is 1.78. The van der Waals surface area contributed by atoms with Gasteiger partial charge in [-0.2, -0.15) is 0 Å². The van der Waals surface area contributed by atoms with E-state index in [0.29, 0.717) is 6.54 Å². The van der Waals surface area contributed by atoms with Gasteiger partial charge >= 0.3 is 0 Å². The van der Waals surface area contributed by atoms with Crippen molar-refractivity contribution in [1.29, 1.82) is 0 Å². The molecule has 0 saturated carbocycles. The molecule has 3 nitrogen and oxygen atoms in total. The van der Waals surface area contributed by atoms with Gasteiger partial charge in [-0.1, -0.05) is 0 Å². The van der Waals surface area contributed by atoms with Crippen molar-refractivity contribution in [3.05, 3.63) is 0 Å². The monoisotopic (exact) mass is 161 g/mol. The largest absolute Gasteiger partial charge is 0.392 e. The molecule has 2 atom stereocenters. The van der Waals surface area contributed by atoms with Gasteiger partial charge in [0.1, 0.15) is 0 Å². The van der Waals surface area contributed by atoms with Gasteiger partial charge in [0.05, 0.1) is 11.7 Å². The van der Waals surface area contributed by atoms with E-state index < -0.39 is 5.60 Å². The normalized spacial score (nSPS) is 18.0. The molecule has 0 heterocycles. The lowest BCUT2D eigenvalue weighted by atomic mass is 10.0. The van der Waals surface area contributed by atoms with Crippen LogP contribution in [0.5, 0.6) is 0 Å². The van der Waals surface area contributed by atoms with Crippen molar-refractivity contribution in [2.24, 2.45) is 0 Å². The second-order valence-corrected chi connectivity index (χ2v) is 3.63. The van der Waals surface area contributed by atoms with E-state index in [2.05, 4.69) is 5.32 Å². The molecule has 11 heavy (non-hydrogen) atoms. The van der Waals surface area contributed by atoms with E-state index in [9.17, 15) is 5.11 Å². The Morgan fingerprint density at radius 2 is 1.82 bits per heavy atom. The molecule has 0 rings (SSSR count). The predicted molar refractivity (Wildman–Crippen MR) is 45.4 cm³/mol. The van der Waals surface area contributed by atoms with Crippen molar-refractivity contribution in [3.63, 3.8) is 0 Å². The number of nitrogens with one attached hydrogen (secondary N) is 1. The summed E-state index contributed by atoms with van der Waals surface area (Å²) in [5.41, 5.74) is -0.727. The zero-order chi connectivity index (χ0) is 9.07. The van der Waals surface area contributed by atoms with E-state index in [-0.39, 0.29) is 12.1 Å². The lowest BCUT2D eigenvalue weighted by Gasteiger charge is -2.27. The molecule has 0 radical (unpaired) electrons. The van der Waals surface area contributed by atoms with Crippen molar-refractivity contribution < 1.29 is 10.2 Å². The van der Waals surface area contributed by atoms with E-state index >= 15 is 0 Å². The lowest BCUT2D eigenvalue weighted by Crippen LogP contribution is -2.46. The van der Waals surface area contributed by atoms with Gasteiger partial charge in [-0.3, -0.25) is 0 Å². The average molecular weight is 161 g/mol. The van der Waals surface area contributed by atoms with Gasteiger partial charge in [-0.25, -0.2) is 0 Å². The van der Waals surface area contributed by atoms with Gasteiger partial charge < -0.3 is 15.5 Å². The number of aliphatic hydroxyl groups is 2. The molecule has 0 spiro atoms. The summed E-state index contributed by atoms with van der Waals surface area (Å²) < 4.78 is 0. The Morgan fingerprint density at radius 1 is 1.36 bits per heavy atom. The van der Waals surface area contributed by atoms with E-state index in [0.717, 1.165) is 0 Å². The van der Waals surface area contributed by atoms with Crippen molar-refractivity contribution in [3.8, 4) is 0 Å². The van der Waals surface area contributed by atoms with Gasteiger partial charge in [-0.15, -0.1) is 0 Å². The minimum absolute atomic E-state index is 0.00269. The summed E-state index contributed by atoms with van der Waals surface area (Å²) in [5, 5.41) is 21.4. The number of hydrogen-bond acceptors (Lipinski definition) is 3. The molecule has 0 aromatic rings. The summed E-state index contributed by atoms with van der Waals surface area (Å²) in [5.74, 6) is 0. The maximum absolute atomic E-state index is 9.45. The van der Waals surface area contributed by atoms with Crippen molar-refractivity contribution in [2.45, 2.75) is 45.4 Å². The minimum atomic E-state index is -0.727. The first-order valence-electron chi connectivity index (χ1n) is 3.98. The second-order valence-electron chi connectivity index (χ2n) is 3.63. The van der Waals surface area contributed by atoms with Crippen LogP contribution >= 0.6 is 0 Å². The zero-order valence-electron chi connectivity index (χ0n) is 7.76. The molecule has 0 aliphatic carbocycles. The fourth-order valence-electron chi connectivity index (χ4n) is 0.597. The summed E-state index contributed by atoms with van der Waals surface area (Å²) in [6.07, 6.45) is -0.361. The Labute approximate surface area is 68.4 Å². The highest BCUT2D eigenvalue weighted by atomic mass is 16.3. The lowest BCUT2D eigenvalue weighted by molar-refractivity contribution is 0.0396. The first-order valence-corrected chi connectivity index (χ1v) is 3.98. The van der Waals surface area contributed by atoms with Crippen molar-refractivity contribution in [2.75, 3.05) is 6.54 Å². The number of aliphatic hydroxyl groups excluding tert-OH is 1. The smallest absolute Gasteiger partial charge is 0.0741 e. The Morgan fingerprint density at radius 3 is 2.09 bits per heavy atom. The van der Waals surface area contributed by atoms with Crippen molar-refractivity contribution >= 4 is 0 Å². The molecule has 0 aromatic carbocycles. The molecule has 0 aliphatic rings. The van der Waals surface area contributed by atoms with Crippen molar-refractivity contribution in [1.82, 2.24) is 5.32 Å². The molecule has 0 saturated heterocycles. The molecule has 3 heteroatoms. The second kappa shape index (κ2) is 4.04. The molecule has 3 N–H and O–H groups in total. The molecule has 0 amide bonds. The SMILES string of the molecule is CC(NC[C@H](C)O)C(C)(C)O. The molecule has 1 unspecified atom stereocenters. The molecular formula is C8H19NO2. The fourth-order valence-corrected chi connectivity index (χ4v) is 0.597. The van der Waals surface area contributed by atoms with Gasteiger partial charge in [0, 0.05) is 12.6 Å². The summed E-state index contributed by atoms with van der Waals surface area (Å²) in [7, 11) is 0. The molecule has 0 aliphatic heterocycles. The van der Waals surface area contributed by atoms with E-state index in [1.165, 1.54) is 0 Å². The first kappa shape index (κ1) is 10.9. The maximum atomic E-state index is 9.45. The highest BCUT2D eigenvalue weighted by Crippen LogP contribution is 2.06. The van der Waals surface area contributed by atoms with Crippen LogP contribution in [0.1, 0.15) is 27.7 Å².